The number of carbonyl (C=O) groups is 1. The Morgan fingerprint density at radius 3 is 2.32 bits per heavy atom. The lowest BCUT2D eigenvalue weighted by Gasteiger charge is -2.43. The third-order valence-corrected chi connectivity index (χ3v) is 8.54. The van der Waals surface area contributed by atoms with Gasteiger partial charge in [0.25, 0.3) is 0 Å². The van der Waals surface area contributed by atoms with Crippen LogP contribution in [0, 0.1) is 11.7 Å². The quantitative estimate of drug-likeness (QED) is 0.383. The molecule has 2 aromatic carbocycles. The van der Waals surface area contributed by atoms with Gasteiger partial charge in [-0.2, -0.15) is 0 Å². The molecule has 0 radical (unpaired) electrons. The van der Waals surface area contributed by atoms with Crippen LogP contribution in [-0.4, -0.2) is 53.8 Å². The second-order valence-electron chi connectivity index (χ2n) is 11.2. The molecular formula is C31H41FN2O3. The molecule has 0 aromatic heterocycles. The van der Waals surface area contributed by atoms with Gasteiger partial charge < -0.3 is 14.4 Å². The molecule has 0 N–H and O–H groups in total. The molecule has 1 spiro atoms. The first kappa shape index (κ1) is 26.0. The summed E-state index contributed by atoms with van der Waals surface area (Å²) in [6, 6.07) is 14.6. The molecule has 6 heteroatoms. The minimum Gasteiger partial charge on any atom is -0.494 e. The molecule has 0 bridgehead atoms. The standard InChI is InChI=1S/C31H41FN2O3/c1-2-20-36-28-14-10-26(11-15-28)23-34-29(21-24-8-12-27(32)13-9-24)31(37-30(34)35)16-18-33(19-17-31)22-25-6-4-3-5-7-25/h8-15,25,29H,2-7,16-23H2,1H3. The molecule has 5 rings (SSSR count). The van der Waals surface area contributed by atoms with Crippen molar-refractivity contribution >= 4 is 6.09 Å². The zero-order valence-electron chi connectivity index (χ0n) is 22.2. The van der Waals surface area contributed by atoms with E-state index < -0.39 is 5.60 Å². The fourth-order valence-corrected chi connectivity index (χ4v) is 6.42. The number of likely N-dealkylation sites (tertiary alicyclic amines) is 1. The smallest absolute Gasteiger partial charge is 0.411 e. The fourth-order valence-electron chi connectivity index (χ4n) is 6.42. The Balaban J connectivity index is 1.31. The molecule has 1 amide bonds. The van der Waals surface area contributed by atoms with Crippen molar-refractivity contribution < 1.29 is 18.7 Å². The van der Waals surface area contributed by atoms with Crippen molar-refractivity contribution in [2.24, 2.45) is 5.92 Å². The van der Waals surface area contributed by atoms with Crippen molar-refractivity contribution in [2.45, 2.75) is 82.9 Å². The van der Waals surface area contributed by atoms with Gasteiger partial charge >= 0.3 is 6.09 Å². The highest BCUT2D eigenvalue weighted by molar-refractivity contribution is 5.72. The highest BCUT2D eigenvalue weighted by Gasteiger charge is 2.54. The predicted octanol–water partition coefficient (Wildman–Crippen LogP) is 6.59. The first-order valence-corrected chi connectivity index (χ1v) is 14.2. The Morgan fingerprint density at radius 1 is 0.973 bits per heavy atom. The minimum atomic E-state index is -0.501. The average molecular weight is 509 g/mol. The van der Waals surface area contributed by atoms with E-state index in [0.717, 1.165) is 55.1 Å². The Bertz CT molecular complexity index is 1010. The highest BCUT2D eigenvalue weighted by atomic mass is 19.1. The number of halogens is 1. The number of piperidine rings is 1. The topological polar surface area (TPSA) is 42.0 Å². The summed E-state index contributed by atoms with van der Waals surface area (Å²) in [5.41, 5.74) is 1.58. The number of amides is 1. The molecule has 1 atom stereocenters. The van der Waals surface area contributed by atoms with E-state index in [-0.39, 0.29) is 18.0 Å². The molecule has 200 valence electrons. The van der Waals surface area contributed by atoms with Gasteiger partial charge in [-0.15, -0.1) is 0 Å². The summed E-state index contributed by atoms with van der Waals surface area (Å²) in [4.78, 5) is 17.8. The zero-order chi connectivity index (χ0) is 25.7. The number of hydrogen-bond donors (Lipinski definition) is 0. The van der Waals surface area contributed by atoms with Crippen molar-refractivity contribution in [3.05, 3.63) is 65.5 Å². The van der Waals surface area contributed by atoms with E-state index in [9.17, 15) is 9.18 Å². The van der Waals surface area contributed by atoms with E-state index in [0.29, 0.717) is 19.6 Å². The molecule has 3 fully saturated rings. The van der Waals surface area contributed by atoms with Crippen LogP contribution in [-0.2, 0) is 17.7 Å². The summed E-state index contributed by atoms with van der Waals surface area (Å²) in [5.74, 6) is 1.42. The van der Waals surface area contributed by atoms with E-state index >= 15 is 0 Å². The second-order valence-corrected chi connectivity index (χ2v) is 11.2. The number of benzene rings is 2. The highest BCUT2D eigenvalue weighted by Crippen LogP contribution is 2.41. The number of carbonyl (C=O) groups excluding carboxylic acids is 1. The third kappa shape index (κ3) is 6.28. The maximum absolute atomic E-state index is 13.6. The molecule has 5 nitrogen and oxygen atoms in total. The summed E-state index contributed by atoms with van der Waals surface area (Å²) in [6.07, 6.45) is 9.87. The van der Waals surface area contributed by atoms with Gasteiger partial charge in [-0.1, -0.05) is 50.5 Å². The lowest BCUT2D eigenvalue weighted by molar-refractivity contribution is -0.0254. The summed E-state index contributed by atoms with van der Waals surface area (Å²) >= 11 is 0. The van der Waals surface area contributed by atoms with Crippen molar-refractivity contribution in [1.82, 2.24) is 9.80 Å². The second kappa shape index (κ2) is 11.8. The molecule has 37 heavy (non-hydrogen) atoms. The lowest BCUT2D eigenvalue weighted by atomic mass is 9.80. The van der Waals surface area contributed by atoms with E-state index in [1.807, 2.05) is 41.3 Å². The molecule has 1 aliphatic carbocycles. The van der Waals surface area contributed by atoms with Crippen LogP contribution in [0.25, 0.3) is 0 Å². The van der Waals surface area contributed by atoms with Gasteiger partial charge in [-0.05, 0) is 67.0 Å². The number of nitrogens with zero attached hydrogens (tertiary/aromatic N) is 2. The van der Waals surface area contributed by atoms with Gasteiger partial charge in [0, 0.05) is 39.0 Å². The normalized spacial score (nSPS) is 22.4. The van der Waals surface area contributed by atoms with Crippen molar-refractivity contribution in [1.29, 1.82) is 0 Å². The Morgan fingerprint density at radius 2 is 1.65 bits per heavy atom. The molecule has 2 saturated heterocycles. The van der Waals surface area contributed by atoms with Gasteiger partial charge in [0.15, 0.2) is 0 Å². The van der Waals surface area contributed by atoms with E-state index in [1.54, 1.807) is 0 Å². The van der Waals surface area contributed by atoms with Gasteiger partial charge in [0.2, 0.25) is 0 Å². The van der Waals surface area contributed by atoms with Crippen LogP contribution in [0.5, 0.6) is 5.75 Å². The Kier molecular flexibility index (Phi) is 8.33. The van der Waals surface area contributed by atoms with Crippen molar-refractivity contribution in [3.63, 3.8) is 0 Å². The van der Waals surface area contributed by atoms with Gasteiger partial charge in [0.05, 0.1) is 12.6 Å². The summed E-state index contributed by atoms with van der Waals surface area (Å²) in [5, 5.41) is 0. The SMILES string of the molecule is CCCOc1ccc(CN2C(=O)OC3(CCN(CC4CCCCC4)CC3)C2Cc2ccc(F)cc2)cc1. The largest absolute Gasteiger partial charge is 0.494 e. The molecule has 2 heterocycles. The number of ether oxygens (including phenoxy) is 2. The third-order valence-electron chi connectivity index (χ3n) is 8.54. The Labute approximate surface area is 220 Å². The van der Waals surface area contributed by atoms with E-state index in [2.05, 4.69) is 11.8 Å². The van der Waals surface area contributed by atoms with Crippen molar-refractivity contribution in [2.75, 3.05) is 26.2 Å². The maximum Gasteiger partial charge on any atom is 0.411 e. The first-order chi connectivity index (χ1) is 18.0. The van der Waals surface area contributed by atoms with Crippen LogP contribution in [0.4, 0.5) is 9.18 Å². The Hall–Kier alpha value is -2.60. The van der Waals surface area contributed by atoms with Crippen LogP contribution < -0.4 is 4.74 Å². The molecule has 3 aliphatic rings. The molecule has 1 saturated carbocycles. The molecule has 2 aliphatic heterocycles. The van der Waals surface area contributed by atoms with Crippen LogP contribution in [0.1, 0.15) is 69.4 Å². The van der Waals surface area contributed by atoms with Crippen LogP contribution in [0.2, 0.25) is 0 Å². The molecule has 1 unspecified atom stereocenters. The van der Waals surface area contributed by atoms with Gasteiger partial charge in [-0.3, -0.25) is 4.90 Å². The average Bonchev–Trinajstić information content (AvgIpc) is 3.16. The maximum atomic E-state index is 13.6. The number of rotatable bonds is 9. The first-order valence-electron chi connectivity index (χ1n) is 14.2. The lowest BCUT2D eigenvalue weighted by Crippen LogP contribution is -2.54. The molecule has 2 aromatic rings. The minimum absolute atomic E-state index is 0.0849. The summed E-state index contributed by atoms with van der Waals surface area (Å²) in [6.45, 7) is 6.36. The van der Waals surface area contributed by atoms with Crippen LogP contribution in [0.3, 0.4) is 0 Å². The van der Waals surface area contributed by atoms with Gasteiger partial charge in [0.1, 0.15) is 17.2 Å². The van der Waals surface area contributed by atoms with Crippen LogP contribution in [0.15, 0.2) is 48.5 Å². The fraction of sp³-hybridized carbons (Fsp3) is 0.581. The number of hydrogen-bond acceptors (Lipinski definition) is 4. The van der Waals surface area contributed by atoms with Crippen LogP contribution >= 0.6 is 0 Å². The summed E-state index contributed by atoms with van der Waals surface area (Å²) in [7, 11) is 0. The monoisotopic (exact) mass is 508 g/mol. The zero-order valence-corrected chi connectivity index (χ0v) is 22.2. The van der Waals surface area contributed by atoms with E-state index in [4.69, 9.17) is 9.47 Å². The summed E-state index contributed by atoms with van der Waals surface area (Å²) < 4.78 is 25.6. The van der Waals surface area contributed by atoms with Gasteiger partial charge in [-0.25, -0.2) is 9.18 Å². The van der Waals surface area contributed by atoms with Crippen molar-refractivity contribution in [3.8, 4) is 5.75 Å². The molecular weight excluding hydrogens is 467 g/mol. The van der Waals surface area contributed by atoms with E-state index in [1.165, 1.54) is 50.8 Å². The predicted molar refractivity (Wildman–Crippen MR) is 143 cm³/mol.